The van der Waals surface area contributed by atoms with Crippen molar-refractivity contribution in [2.24, 2.45) is 0 Å². The molecule has 3 rings (SSSR count). The van der Waals surface area contributed by atoms with Gasteiger partial charge >= 0.3 is 0 Å². The van der Waals surface area contributed by atoms with Crippen molar-refractivity contribution in [2.45, 2.75) is 63.4 Å². The minimum Gasteiger partial charge on any atom is -0.466 e. The van der Waals surface area contributed by atoms with Crippen LogP contribution in [0.25, 0.3) is 0 Å². The van der Waals surface area contributed by atoms with Crippen LogP contribution in [0, 0.1) is 0 Å². The SMILES string of the molecule is CSC(=S)O[C@H]1[C@@H]2OC(C)(C)OC[C@@H]2O[C@]12COC(C)(C)O2. The van der Waals surface area contributed by atoms with E-state index >= 15 is 0 Å². The summed E-state index contributed by atoms with van der Waals surface area (Å²) >= 11 is 6.58. The molecule has 3 heterocycles. The quantitative estimate of drug-likeness (QED) is 0.666. The zero-order valence-corrected chi connectivity index (χ0v) is 15.0. The minimum absolute atomic E-state index is 0.262. The number of thioether (sulfide) groups is 1. The highest BCUT2D eigenvalue weighted by Gasteiger charge is 2.66. The maximum Gasteiger partial charge on any atom is 0.235 e. The lowest BCUT2D eigenvalue weighted by Gasteiger charge is -2.38. The average molecular weight is 350 g/mol. The lowest BCUT2D eigenvalue weighted by molar-refractivity contribution is -0.303. The Labute approximate surface area is 140 Å². The summed E-state index contributed by atoms with van der Waals surface area (Å²) < 4.78 is 35.9. The van der Waals surface area contributed by atoms with Crippen LogP contribution in [0.15, 0.2) is 0 Å². The van der Waals surface area contributed by atoms with E-state index in [4.69, 9.17) is 40.6 Å². The Balaban J connectivity index is 1.88. The molecule has 0 radical (unpaired) electrons. The van der Waals surface area contributed by atoms with Crippen LogP contribution in [0.1, 0.15) is 27.7 Å². The van der Waals surface area contributed by atoms with Gasteiger partial charge in [-0.15, -0.1) is 0 Å². The Morgan fingerprint density at radius 2 is 1.86 bits per heavy atom. The molecule has 3 fully saturated rings. The molecule has 0 aliphatic carbocycles. The highest BCUT2D eigenvalue weighted by atomic mass is 32.2. The van der Waals surface area contributed by atoms with Gasteiger partial charge in [-0.3, -0.25) is 0 Å². The van der Waals surface area contributed by atoms with E-state index in [-0.39, 0.29) is 18.8 Å². The third kappa shape index (κ3) is 3.02. The van der Waals surface area contributed by atoms with Crippen molar-refractivity contribution >= 4 is 28.4 Å². The second kappa shape index (κ2) is 5.54. The summed E-state index contributed by atoms with van der Waals surface area (Å²) in [5.74, 6) is -2.47. The van der Waals surface area contributed by atoms with Crippen LogP contribution >= 0.6 is 24.0 Å². The molecule has 126 valence electrons. The summed E-state index contributed by atoms with van der Waals surface area (Å²) in [6.45, 7) is 8.10. The van der Waals surface area contributed by atoms with E-state index in [0.717, 1.165) is 0 Å². The normalized spacial score (nSPS) is 42.3. The fraction of sp³-hybridized carbons (Fsp3) is 0.929. The molecule has 3 aliphatic rings. The Hall–Kier alpha value is 0.0400. The molecule has 8 heteroatoms. The van der Waals surface area contributed by atoms with Crippen molar-refractivity contribution in [1.82, 2.24) is 0 Å². The molecule has 0 saturated carbocycles. The van der Waals surface area contributed by atoms with Crippen LogP contribution < -0.4 is 0 Å². The largest absolute Gasteiger partial charge is 0.466 e. The summed E-state index contributed by atoms with van der Waals surface area (Å²) in [7, 11) is 0. The van der Waals surface area contributed by atoms with E-state index in [1.807, 2.05) is 34.0 Å². The van der Waals surface area contributed by atoms with Gasteiger partial charge in [0.25, 0.3) is 0 Å². The summed E-state index contributed by atoms with van der Waals surface area (Å²) in [5, 5.41) is 0. The molecule has 4 atom stereocenters. The zero-order chi connectivity index (χ0) is 16.2. The molecular weight excluding hydrogens is 328 g/mol. The van der Waals surface area contributed by atoms with Crippen LogP contribution in [-0.2, 0) is 28.4 Å². The van der Waals surface area contributed by atoms with E-state index in [1.165, 1.54) is 11.8 Å². The smallest absolute Gasteiger partial charge is 0.235 e. The number of hydrogen-bond acceptors (Lipinski definition) is 8. The monoisotopic (exact) mass is 350 g/mol. The summed E-state index contributed by atoms with van der Waals surface area (Å²) in [5.41, 5.74) is 0. The van der Waals surface area contributed by atoms with Crippen molar-refractivity contribution in [2.75, 3.05) is 19.5 Å². The molecule has 3 aliphatic heterocycles. The first-order chi connectivity index (χ1) is 10.2. The first-order valence-electron chi connectivity index (χ1n) is 7.25. The highest BCUT2D eigenvalue weighted by molar-refractivity contribution is 8.22. The molecule has 0 aromatic carbocycles. The van der Waals surface area contributed by atoms with Gasteiger partial charge in [-0.2, -0.15) is 0 Å². The Morgan fingerprint density at radius 1 is 1.14 bits per heavy atom. The molecule has 0 bridgehead atoms. The zero-order valence-electron chi connectivity index (χ0n) is 13.4. The van der Waals surface area contributed by atoms with Crippen LogP contribution in [0.3, 0.4) is 0 Å². The maximum atomic E-state index is 6.11. The number of fused-ring (bicyclic) bond motifs is 1. The predicted molar refractivity (Wildman–Crippen MR) is 84.6 cm³/mol. The Bertz CT molecular complexity index is 466. The lowest BCUT2D eigenvalue weighted by atomic mass is 10.0. The molecule has 6 nitrogen and oxygen atoms in total. The predicted octanol–water partition coefficient (Wildman–Crippen LogP) is 2.05. The van der Waals surface area contributed by atoms with Crippen LogP contribution in [0.2, 0.25) is 0 Å². The van der Waals surface area contributed by atoms with Crippen molar-refractivity contribution in [3.05, 3.63) is 0 Å². The van der Waals surface area contributed by atoms with Crippen LogP contribution in [0.5, 0.6) is 0 Å². The second-order valence-corrected chi connectivity index (χ2v) is 7.95. The third-order valence-electron chi connectivity index (χ3n) is 3.89. The summed E-state index contributed by atoms with van der Waals surface area (Å²) in [6.07, 6.45) is 0.765. The number of ether oxygens (including phenoxy) is 6. The van der Waals surface area contributed by atoms with Crippen molar-refractivity contribution in [3.8, 4) is 0 Å². The average Bonchev–Trinajstić information content (AvgIpc) is 2.87. The van der Waals surface area contributed by atoms with Gasteiger partial charge in [0.15, 0.2) is 17.7 Å². The minimum atomic E-state index is -1.03. The molecule has 0 aromatic rings. The van der Waals surface area contributed by atoms with Gasteiger partial charge in [0.2, 0.25) is 10.2 Å². The maximum absolute atomic E-state index is 6.11. The molecule has 0 aromatic heterocycles. The van der Waals surface area contributed by atoms with E-state index in [9.17, 15) is 0 Å². The Morgan fingerprint density at radius 3 is 2.45 bits per heavy atom. The topological polar surface area (TPSA) is 55.4 Å². The summed E-state index contributed by atoms with van der Waals surface area (Å²) in [6, 6.07) is 0. The molecule has 3 saturated heterocycles. The highest BCUT2D eigenvalue weighted by Crippen LogP contribution is 2.46. The van der Waals surface area contributed by atoms with Gasteiger partial charge in [-0.05, 0) is 46.2 Å². The molecular formula is C14H22O6S2. The molecule has 22 heavy (non-hydrogen) atoms. The van der Waals surface area contributed by atoms with E-state index in [1.54, 1.807) is 0 Å². The fourth-order valence-corrected chi connectivity index (χ4v) is 3.31. The first-order valence-corrected chi connectivity index (χ1v) is 8.88. The van der Waals surface area contributed by atoms with Crippen LogP contribution in [0.4, 0.5) is 0 Å². The van der Waals surface area contributed by atoms with Gasteiger partial charge in [-0.25, -0.2) is 0 Å². The fourth-order valence-electron chi connectivity index (χ4n) is 3.00. The third-order valence-corrected chi connectivity index (χ3v) is 4.92. The molecule has 0 N–H and O–H groups in total. The Kier molecular flexibility index (Phi) is 4.25. The standard InChI is InChI=1S/C14H22O6S2/c1-12(2)15-6-8-9(19-12)10(17-11(21)22-5)14(18-8)7-16-13(3,4)20-14/h8-10H,6-7H2,1-5H3/t8-,9+,10-,14-/m0/s1. The molecule has 1 spiro atoms. The van der Waals surface area contributed by atoms with E-state index in [2.05, 4.69) is 0 Å². The summed E-state index contributed by atoms with van der Waals surface area (Å²) in [4.78, 5) is 0. The molecule has 0 unspecified atom stereocenters. The number of hydrogen-bond donors (Lipinski definition) is 0. The van der Waals surface area contributed by atoms with Gasteiger partial charge < -0.3 is 28.4 Å². The number of thiocarbonyl (C=S) groups is 1. The van der Waals surface area contributed by atoms with Crippen molar-refractivity contribution < 1.29 is 28.4 Å². The van der Waals surface area contributed by atoms with Gasteiger partial charge in [0, 0.05) is 0 Å². The van der Waals surface area contributed by atoms with Gasteiger partial charge in [0.05, 0.1) is 6.61 Å². The van der Waals surface area contributed by atoms with Crippen LogP contribution in [-0.4, -0.2) is 59.5 Å². The van der Waals surface area contributed by atoms with Crippen molar-refractivity contribution in [3.63, 3.8) is 0 Å². The second-order valence-electron chi connectivity index (χ2n) is 6.54. The van der Waals surface area contributed by atoms with E-state index < -0.39 is 23.5 Å². The lowest BCUT2D eigenvalue weighted by Crippen LogP contribution is -2.53. The first kappa shape index (κ1) is 16.9. The molecule has 0 amide bonds. The van der Waals surface area contributed by atoms with Crippen molar-refractivity contribution in [1.29, 1.82) is 0 Å². The van der Waals surface area contributed by atoms with E-state index in [0.29, 0.717) is 11.0 Å². The van der Waals surface area contributed by atoms with Gasteiger partial charge in [-0.1, -0.05) is 11.8 Å². The number of rotatable bonds is 1. The van der Waals surface area contributed by atoms with Gasteiger partial charge in [0.1, 0.15) is 18.8 Å².